The van der Waals surface area contributed by atoms with Crippen LogP contribution < -0.4 is 15.0 Å². The molecule has 0 saturated carbocycles. The number of anilines is 2. The number of benzene rings is 2. The first-order valence-electron chi connectivity index (χ1n) is 11.4. The number of amides is 1. The van der Waals surface area contributed by atoms with Crippen molar-refractivity contribution in [1.29, 1.82) is 0 Å². The third kappa shape index (κ3) is 5.20. The van der Waals surface area contributed by atoms with Crippen LogP contribution in [0.25, 0.3) is 11.3 Å². The van der Waals surface area contributed by atoms with E-state index in [-0.39, 0.29) is 11.8 Å². The van der Waals surface area contributed by atoms with Gasteiger partial charge in [-0.1, -0.05) is 18.2 Å². The molecule has 1 N–H and O–H groups in total. The number of hydrogen-bond acceptors (Lipinski definition) is 6. The lowest BCUT2D eigenvalue weighted by Gasteiger charge is -2.32. The zero-order chi connectivity index (χ0) is 23.2. The Kier molecular flexibility index (Phi) is 6.42. The van der Waals surface area contributed by atoms with E-state index in [4.69, 9.17) is 4.74 Å². The third-order valence-corrected chi connectivity index (χ3v) is 5.82. The standard InChI is InChI=1S/C27H25N5O2/c33-27(29-22-10-12-24(13-11-22)34-23-8-2-1-3-9-23)21-7-5-17-32(19-21)26-15-14-25(30-31-26)20-6-4-16-28-18-20/h1-4,6,8-16,18,21H,5,7,17,19H2,(H,29,33). The molecular weight excluding hydrogens is 426 g/mol. The van der Waals surface area contributed by atoms with Crippen molar-refractivity contribution in [3.8, 4) is 22.8 Å². The highest BCUT2D eigenvalue weighted by molar-refractivity contribution is 5.93. The van der Waals surface area contributed by atoms with Gasteiger partial charge in [0.25, 0.3) is 0 Å². The van der Waals surface area contributed by atoms with Gasteiger partial charge >= 0.3 is 0 Å². The number of aromatic nitrogens is 3. The maximum atomic E-state index is 12.9. The number of ether oxygens (including phenoxy) is 1. The molecule has 0 bridgehead atoms. The smallest absolute Gasteiger partial charge is 0.229 e. The van der Waals surface area contributed by atoms with Crippen molar-refractivity contribution >= 4 is 17.4 Å². The van der Waals surface area contributed by atoms with E-state index >= 15 is 0 Å². The fraction of sp³-hybridized carbons (Fsp3) is 0.185. The minimum Gasteiger partial charge on any atom is -0.457 e. The second-order valence-electron chi connectivity index (χ2n) is 8.23. The maximum absolute atomic E-state index is 12.9. The van der Waals surface area contributed by atoms with Crippen molar-refractivity contribution in [1.82, 2.24) is 15.2 Å². The third-order valence-electron chi connectivity index (χ3n) is 5.82. The SMILES string of the molecule is O=C(Nc1ccc(Oc2ccccc2)cc1)C1CCCN(c2ccc(-c3cccnc3)nn2)C1. The molecule has 3 heterocycles. The van der Waals surface area contributed by atoms with Crippen molar-refractivity contribution < 1.29 is 9.53 Å². The van der Waals surface area contributed by atoms with Gasteiger partial charge in [0.2, 0.25) is 5.91 Å². The zero-order valence-electron chi connectivity index (χ0n) is 18.7. The number of piperidine rings is 1. The van der Waals surface area contributed by atoms with Crippen molar-refractivity contribution in [3.63, 3.8) is 0 Å². The van der Waals surface area contributed by atoms with E-state index in [1.54, 1.807) is 12.4 Å². The van der Waals surface area contributed by atoms with Crippen LogP contribution in [0, 0.1) is 5.92 Å². The van der Waals surface area contributed by atoms with Gasteiger partial charge in [-0.3, -0.25) is 9.78 Å². The largest absolute Gasteiger partial charge is 0.457 e. The van der Waals surface area contributed by atoms with Crippen LogP contribution in [-0.2, 0) is 4.79 Å². The Morgan fingerprint density at radius 2 is 1.74 bits per heavy atom. The average molecular weight is 452 g/mol. The molecule has 170 valence electrons. The predicted molar refractivity (Wildman–Crippen MR) is 132 cm³/mol. The topological polar surface area (TPSA) is 80.2 Å². The van der Waals surface area contributed by atoms with E-state index in [2.05, 4.69) is 25.4 Å². The van der Waals surface area contributed by atoms with Crippen molar-refractivity contribution in [2.45, 2.75) is 12.8 Å². The number of para-hydroxylation sites is 1. The summed E-state index contributed by atoms with van der Waals surface area (Å²) in [6, 6.07) is 24.8. The van der Waals surface area contributed by atoms with Crippen LogP contribution in [0.4, 0.5) is 11.5 Å². The van der Waals surface area contributed by atoms with Gasteiger partial charge in [0.15, 0.2) is 5.82 Å². The van der Waals surface area contributed by atoms with Gasteiger partial charge in [-0.2, -0.15) is 0 Å². The Labute approximate surface area is 198 Å². The predicted octanol–water partition coefficient (Wildman–Crippen LogP) is 5.19. The lowest BCUT2D eigenvalue weighted by atomic mass is 9.97. The first kappa shape index (κ1) is 21.6. The van der Waals surface area contributed by atoms with Gasteiger partial charge in [-0.25, -0.2) is 0 Å². The van der Waals surface area contributed by atoms with E-state index in [0.717, 1.165) is 53.6 Å². The molecule has 0 radical (unpaired) electrons. The molecule has 2 aromatic carbocycles. The molecule has 7 nitrogen and oxygen atoms in total. The molecule has 7 heteroatoms. The van der Waals surface area contributed by atoms with Crippen molar-refractivity contribution in [2.24, 2.45) is 5.92 Å². The Bertz CT molecular complexity index is 1220. The molecule has 1 amide bonds. The van der Waals surface area contributed by atoms with Crippen LogP contribution in [0.3, 0.4) is 0 Å². The maximum Gasteiger partial charge on any atom is 0.229 e. The number of carbonyl (C=O) groups excluding carboxylic acids is 1. The molecule has 1 aliphatic rings. The average Bonchev–Trinajstić information content (AvgIpc) is 2.91. The van der Waals surface area contributed by atoms with Crippen LogP contribution in [-0.4, -0.2) is 34.2 Å². The molecule has 1 atom stereocenters. The molecule has 0 aliphatic carbocycles. The Morgan fingerprint density at radius 3 is 2.47 bits per heavy atom. The molecule has 0 spiro atoms. The fourth-order valence-corrected chi connectivity index (χ4v) is 4.04. The second kappa shape index (κ2) is 10.1. The highest BCUT2D eigenvalue weighted by Gasteiger charge is 2.27. The molecular formula is C27H25N5O2. The molecule has 34 heavy (non-hydrogen) atoms. The van der Waals surface area contributed by atoms with Crippen LogP contribution in [0.15, 0.2) is 91.3 Å². The summed E-state index contributed by atoms with van der Waals surface area (Å²) in [4.78, 5) is 19.2. The lowest BCUT2D eigenvalue weighted by molar-refractivity contribution is -0.120. The van der Waals surface area contributed by atoms with Crippen LogP contribution >= 0.6 is 0 Å². The monoisotopic (exact) mass is 451 g/mol. The first-order valence-corrected chi connectivity index (χ1v) is 11.4. The van der Waals surface area contributed by atoms with Gasteiger partial charge in [-0.15, -0.1) is 10.2 Å². The normalized spacial score (nSPS) is 15.5. The van der Waals surface area contributed by atoms with E-state index in [1.807, 2.05) is 78.9 Å². The summed E-state index contributed by atoms with van der Waals surface area (Å²) in [5.41, 5.74) is 2.46. The molecule has 2 aromatic heterocycles. The van der Waals surface area contributed by atoms with E-state index in [9.17, 15) is 4.79 Å². The number of rotatable bonds is 6. The summed E-state index contributed by atoms with van der Waals surface area (Å²) in [5, 5.41) is 11.8. The van der Waals surface area contributed by atoms with Crippen LogP contribution in [0.5, 0.6) is 11.5 Å². The highest BCUT2D eigenvalue weighted by Crippen LogP contribution is 2.26. The highest BCUT2D eigenvalue weighted by atomic mass is 16.5. The van der Waals surface area contributed by atoms with Gasteiger partial charge in [0, 0.05) is 36.7 Å². The quantitative estimate of drug-likeness (QED) is 0.435. The first-order chi connectivity index (χ1) is 16.7. The molecule has 1 saturated heterocycles. The van der Waals surface area contributed by atoms with E-state index in [1.165, 1.54) is 0 Å². The van der Waals surface area contributed by atoms with Gasteiger partial charge in [0.1, 0.15) is 11.5 Å². The van der Waals surface area contributed by atoms with Gasteiger partial charge in [-0.05, 0) is 73.5 Å². The number of carbonyl (C=O) groups is 1. The minimum absolute atomic E-state index is 0.0152. The molecule has 1 unspecified atom stereocenters. The van der Waals surface area contributed by atoms with Crippen LogP contribution in [0.1, 0.15) is 12.8 Å². The molecule has 4 aromatic rings. The van der Waals surface area contributed by atoms with Crippen molar-refractivity contribution in [2.75, 3.05) is 23.3 Å². The fourth-order valence-electron chi connectivity index (χ4n) is 4.04. The number of hydrogen-bond donors (Lipinski definition) is 1. The summed E-state index contributed by atoms with van der Waals surface area (Å²) < 4.78 is 5.82. The number of nitrogens with one attached hydrogen (secondary N) is 1. The van der Waals surface area contributed by atoms with Crippen molar-refractivity contribution in [3.05, 3.63) is 91.3 Å². The Morgan fingerprint density at radius 1 is 0.912 bits per heavy atom. The van der Waals surface area contributed by atoms with E-state index < -0.39 is 0 Å². The second-order valence-corrected chi connectivity index (χ2v) is 8.23. The van der Waals surface area contributed by atoms with Crippen LogP contribution in [0.2, 0.25) is 0 Å². The lowest BCUT2D eigenvalue weighted by Crippen LogP contribution is -2.41. The summed E-state index contributed by atoms with van der Waals surface area (Å²) >= 11 is 0. The Hall–Kier alpha value is -4.26. The molecule has 1 aliphatic heterocycles. The minimum atomic E-state index is -0.117. The van der Waals surface area contributed by atoms with Gasteiger partial charge < -0.3 is 15.0 Å². The number of pyridine rings is 1. The number of nitrogens with zero attached hydrogens (tertiary/aromatic N) is 4. The summed E-state index contributed by atoms with van der Waals surface area (Å²) in [6.45, 7) is 1.47. The summed E-state index contributed by atoms with van der Waals surface area (Å²) in [7, 11) is 0. The molecule has 1 fully saturated rings. The van der Waals surface area contributed by atoms with E-state index in [0.29, 0.717) is 6.54 Å². The summed E-state index contributed by atoms with van der Waals surface area (Å²) in [5.74, 6) is 2.18. The molecule has 5 rings (SSSR count). The summed E-state index contributed by atoms with van der Waals surface area (Å²) in [6.07, 6.45) is 5.27. The van der Waals surface area contributed by atoms with Gasteiger partial charge in [0.05, 0.1) is 11.6 Å². The Balaban J connectivity index is 1.19. The zero-order valence-corrected chi connectivity index (χ0v) is 18.7.